The van der Waals surface area contributed by atoms with Gasteiger partial charge in [0.2, 0.25) is 0 Å². The lowest BCUT2D eigenvalue weighted by molar-refractivity contribution is 0.0895. The van der Waals surface area contributed by atoms with E-state index < -0.39 is 0 Å². The number of carbonyl (C=O) groups is 1. The number of rotatable bonds is 6. The van der Waals surface area contributed by atoms with E-state index in [2.05, 4.69) is 15.6 Å². The van der Waals surface area contributed by atoms with E-state index in [1.165, 1.54) is 0 Å². The molecule has 128 valence electrons. The summed E-state index contributed by atoms with van der Waals surface area (Å²) in [5.41, 5.74) is 0.307. The monoisotopic (exact) mass is 332 g/mol. The lowest BCUT2D eigenvalue weighted by atomic mass is 10.2. The van der Waals surface area contributed by atoms with Gasteiger partial charge >= 0.3 is 0 Å². The number of aryl methyl sites for hydroxylation is 1. The van der Waals surface area contributed by atoms with Crippen LogP contribution in [0.5, 0.6) is 5.75 Å². The van der Waals surface area contributed by atoms with Gasteiger partial charge in [0.1, 0.15) is 11.9 Å². The Labute approximate surface area is 139 Å². The molecule has 1 aliphatic carbocycles. The fourth-order valence-corrected chi connectivity index (χ4v) is 2.74. The van der Waals surface area contributed by atoms with Crippen LogP contribution < -0.4 is 10.1 Å². The van der Waals surface area contributed by atoms with E-state index in [1.54, 1.807) is 16.9 Å². The largest absolute Gasteiger partial charge is 0.482 e. The fraction of sp³-hybridized carbons (Fsp3) is 0.562. The Morgan fingerprint density at radius 3 is 3.08 bits per heavy atom. The van der Waals surface area contributed by atoms with Crippen molar-refractivity contribution >= 4 is 5.91 Å². The van der Waals surface area contributed by atoms with Crippen molar-refractivity contribution in [1.29, 1.82) is 0 Å². The van der Waals surface area contributed by atoms with Gasteiger partial charge in [-0.2, -0.15) is 5.10 Å². The van der Waals surface area contributed by atoms with Gasteiger partial charge in [0, 0.05) is 18.5 Å². The highest BCUT2D eigenvalue weighted by Gasteiger charge is 2.33. The van der Waals surface area contributed by atoms with E-state index in [9.17, 15) is 4.79 Å². The van der Waals surface area contributed by atoms with Gasteiger partial charge in [0.25, 0.3) is 5.91 Å². The number of carbonyl (C=O) groups excluding carboxylic acids is 1. The van der Waals surface area contributed by atoms with Crippen molar-refractivity contribution in [2.24, 2.45) is 0 Å². The fourth-order valence-electron chi connectivity index (χ4n) is 2.74. The molecular weight excluding hydrogens is 312 g/mol. The first-order valence-corrected chi connectivity index (χ1v) is 8.27. The molecule has 8 heteroatoms. The maximum atomic E-state index is 12.3. The lowest BCUT2D eigenvalue weighted by Crippen LogP contribution is -2.45. The van der Waals surface area contributed by atoms with Crippen LogP contribution in [-0.2, 0) is 11.3 Å². The third kappa shape index (κ3) is 3.14. The normalized spacial score (nSPS) is 23.4. The lowest BCUT2D eigenvalue weighted by Gasteiger charge is -2.19. The second-order valence-electron chi connectivity index (χ2n) is 6.19. The summed E-state index contributed by atoms with van der Waals surface area (Å²) in [4.78, 5) is 12.3. The molecule has 0 spiro atoms. The smallest absolute Gasteiger partial charge is 0.273 e. The molecule has 2 aromatic rings. The molecule has 4 rings (SSSR count). The Hall–Kier alpha value is -2.35. The molecule has 1 aliphatic heterocycles. The summed E-state index contributed by atoms with van der Waals surface area (Å²) in [7, 11) is 0. The third-order valence-corrected chi connectivity index (χ3v) is 4.31. The van der Waals surface area contributed by atoms with Crippen molar-refractivity contribution < 1.29 is 18.8 Å². The van der Waals surface area contributed by atoms with E-state index in [-0.39, 0.29) is 18.1 Å². The molecule has 24 heavy (non-hydrogen) atoms. The van der Waals surface area contributed by atoms with Crippen molar-refractivity contribution in [3.05, 3.63) is 29.9 Å². The van der Waals surface area contributed by atoms with Crippen LogP contribution in [0.3, 0.4) is 0 Å². The molecule has 2 atom stereocenters. The molecule has 0 aromatic carbocycles. The SMILES string of the molecule is CCn1cc(O[C@@H]2COC[C@@H]2NC(=O)c2cc(C3CC3)on2)cn1. The average molecular weight is 332 g/mol. The number of hydrogen-bond acceptors (Lipinski definition) is 6. The van der Waals surface area contributed by atoms with Crippen molar-refractivity contribution in [2.45, 2.75) is 44.4 Å². The zero-order valence-corrected chi connectivity index (χ0v) is 13.5. The summed E-state index contributed by atoms with van der Waals surface area (Å²) >= 11 is 0. The summed E-state index contributed by atoms with van der Waals surface area (Å²) in [5, 5.41) is 11.0. The second-order valence-corrected chi connectivity index (χ2v) is 6.19. The Bertz CT molecular complexity index is 721. The molecule has 1 saturated carbocycles. The highest BCUT2D eigenvalue weighted by atomic mass is 16.5. The van der Waals surface area contributed by atoms with E-state index >= 15 is 0 Å². The Morgan fingerprint density at radius 2 is 2.33 bits per heavy atom. The van der Waals surface area contributed by atoms with Crippen LogP contribution in [0, 0.1) is 0 Å². The number of hydrogen-bond donors (Lipinski definition) is 1. The molecule has 2 aliphatic rings. The van der Waals surface area contributed by atoms with Crippen LogP contribution in [0.15, 0.2) is 23.0 Å². The van der Waals surface area contributed by atoms with Gasteiger partial charge in [-0.05, 0) is 19.8 Å². The molecule has 0 radical (unpaired) electrons. The topological polar surface area (TPSA) is 91.4 Å². The molecule has 0 bridgehead atoms. The standard InChI is InChI=1S/C16H20N4O4/c1-2-20-7-11(6-17-20)23-15-9-22-8-13(15)18-16(21)12-5-14(24-19-12)10-3-4-10/h5-7,10,13,15H,2-4,8-9H2,1H3,(H,18,21)/t13-,15+/m0/s1. The van der Waals surface area contributed by atoms with Crippen molar-refractivity contribution in [3.8, 4) is 5.75 Å². The molecule has 8 nitrogen and oxygen atoms in total. The first-order valence-electron chi connectivity index (χ1n) is 8.27. The first kappa shape index (κ1) is 15.2. The van der Waals surface area contributed by atoms with Crippen LogP contribution in [0.25, 0.3) is 0 Å². The number of nitrogens with one attached hydrogen (secondary N) is 1. The third-order valence-electron chi connectivity index (χ3n) is 4.31. The van der Waals surface area contributed by atoms with E-state index in [0.29, 0.717) is 30.6 Å². The molecule has 1 amide bonds. The summed E-state index contributed by atoms with van der Waals surface area (Å²) in [6, 6.07) is 1.49. The molecular formula is C16H20N4O4. The van der Waals surface area contributed by atoms with Crippen LogP contribution in [0.4, 0.5) is 0 Å². The highest BCUT2D eigenvalue weighted by molar-refractivity contribution is 5.92. The quantitative estimate of drug-likeness (QED) is 0.858. The van der Waals surface area contributed by atoms with E-state index in [0.717, 1.165) is 25.1 Å². The summed E-state index contributed by atoms with van der Waals surface area (Å²) in [6.45, 7) is 3.62. The van der Waals surface area contributed by atoms with Crippen molar-refractivity contribution in [1.82, 2.24) is 20.3 Å². The van der Waals surface area contributed by atoms with Gasteiger partial charge in [0.15, 0.2) is 11.4 Å². The molecule has 2 fully saturated rings. The molecule has 3 heterocycles. The molecule has 1 saturated heterocycles. The van der Waals surface area contributed by atoms with Crippen LogP contribution in [-0.4, -0.2) is 46.2 Å². The van der Waals surface area contributed by atoms with E-state index in [4.69, 9.17) is 14.0 Å². The van der Waals surface area contributed by atoms with E-state index in [1.807, 2.05) is 13.1 Å². The number of aromatic nitrogens is 3. The van der Waals surface area contributed by atoms with Crippen molar-refractivity contribution in [3.63, 3.8) is 0 Å². The maximum Gasteiger partial charge on any atom is 0.273 e. The van der Waals surface area contributed by atoms with Crippen LogP contribution in [0.2, 0.25) is 0 Å². The van der Waals surface area contributed by atoms with Crippen LogP contribution in [0.1, 0.15) is 41.9 Å². The Kier molecular flexibility index (Phi) is 3.97. The Balaban J connectivity index is 1.37. The van der Waals surface area contributed by atoms with Gasteiger partial charge in [-0.1, -0.05) is 5.16 Å². The predicted molar refractivity (Wildman–Crippen MR) is 82.9 cm³/mol. The number of nitrogens with zero attached hydrogens (tertiary/aromatic N) is 3. The summed E-state index contributed by atoms with van der Waals surface area (Å²) in [6.07, 6.45) is 5.46. The zero-order valence-electron chi connectivity index (χ0n) is 13.5. The van der Waals surface area contributed by atoms with Gasteiger partial charge < -0.3 is 19.3 Å². The minimum atomic E-state index is -0.265. The minimum Gasteiger partial charge on any atom is -0.482 e. The highest BCUT2D eigenvalue weighted by Crippen LogP contribution is 2.40. The van der Waals surface area contributed by atoms with Crippen LogP contribution >= 0.6 is 0 Å². The zero-order chi connectivity index (χ0) is 16.5. The maximum absolute atomic E-state index is 12.3. The summed E-state index contributed by atoms with van der Waals surface area (Å²) in [5.74, 6) is 1.63. The number of amides is 1. The van der Waals surface area contributed by atoms with Gasteiger partial charge in [-0.15, -0.1) is 0 Å². The predicted octanol–water partition coefficient (Wildman–Crippen LogP) is 1.34. The molecule has 0 unspecified atom stereocenters. The van der Waals surface area contributed by atoms with Gasteiger partial charge in [-0.25, -0.2) is 0 Å². The first-order chi connectivity index (χ1) is 11.7. The summed E-state index contributed by atoms with van der Waals surface area (Å²) < 4.78 is 18.4. The minimum absolute atomic E-state index is 0.233. The second kappa shape index (κ2) is 6.27. The van der Waals surface area contributed by atoms with Gasteiger partial charge in [0.05, 0.1) is 31.6 Å². The molecule has 2 aromatic heterocycles. The average Bonchev–Trinajstić information content (AvgIpc) is 3.01. The Morgan fingerprint density at radius 1 is 1.46 bits per heavy atom. The van der Waals surface area contributed by atoms with Crippen molar-refractivity contribution in [2.75, 3.05) is 13.2 Å². The molecule has 1 N–H and O–H groups in total. The number of ether oxygens (including phenoxy) is 2. The van der Waals surface area contributed by atoms with Gasteiger partial charge in [-0.3, -0.25) is 9.48 Å².